The fourth-order valence-corrected chi connectivity index (χ4v) is 3.71. The lowest BCUT2D eigenvalue weighted by molar-refractivity contribution is -0.132. The molecule has 0 aromatic heterocycles. The Morgan fingerprint density at radius 1 is 1.18 bits per heavy atom. The van der Waals surface area contributed by atoms with Gasteiger partial charge in [0, 0.05) is 37.8 Å². The predicted molar refractivity (Wildman–Crippen MR) is 109 cm³/mol. The number of amides is 1. The molecule has 1 saturated carbocycles. The molecule has 1 aromatic rings. The summed E-state index contributed by atoms with van der Waals surface area (Å²) in [6.45, 7) is 9.79. The Bertz CT molecular complexity index is 710. The van der Waals surface area contributed by atoms with Gasteiger partial charge in [0.1, 0.15) is 5.82 Å². The first kappa shape index (κ1) is 20.8. The molecule has 3 rings (SSSR count). The van der Waals surface area contributed by atoms with Crippen LogP contribution in [0.2, 0.25) is 0 Å². The van der Waals surface area contributed by atoms with E-state index in [0.717, 1.165) is 13.0 Å². The Labute approximate surface area is 167 Å². The molecule has 154 valence electrons. The van der Waals surface area contributed by atoms with Crippen LogP contribution in [0.15, 0.2) is 18.2 Å². The van der Waals surface area contributed by atoms with Crippen molar-refractivity contribution >= 4 is 17.4 Å². The van der Waals surface area contributed by atoms with E-state index in [1.807, 2.05) is 9.80 Å². The Morgan fingerprint density at radius 2 is 1.86 bits per heavy atom. The molecule has 0 spiro atoms. The topological polar surface area (TPSA) is 43.9 Å². The number of anilines is 1. The Kier molecular flexibility index (Phi) is 6.70. The zero-order chi connectivity index (χ0) is 20.3. The Hall–Kier alpha value is -1.95. The molecular weight excluding hydrogens is 357 g/mol. The van der Waals surface area contributed by atoms with Gasteiger partial charge in [0.15, 0.2) is 5.78 Å². The molecule has 1 aliphatic heterocycles. The van der Waals surface area contributed by atoms with Crippen LogP contribution in [0.25, 0.3) is 0 Å². The van der Waals surface area contributed by atoms with E-state index >= 15 is 0 Å². The number of carbonyl (C=O) groups excluding carboxylic acids is 2. The maximum absolute atomic E-state index is 14.4. The summed E-state index contributed by atoms with van der Waals surface area (Å²) in [4.78, 5) is 30.4. The van der Waals surface area contributed by atoms with Crippen molar-refractivity contribution in [2.75, 3.05) is 44.2 Å². The lowest BCUT2D eigenvalue weighted by atomic mass is 10.1. The van der Waals surface area contributed by atoms with E-state index in [1.54, 1.807) is 12.1 Å². The molecule has 2 fully saturated rings. The van der Waals surface area contributed by atoms with Crippen LogP contribution in [0, 0.1) is 11.7 Å². The van der Waals surface area contributed by atoms with Crippen molar-refractivity contribution in [1.29, 1.82) is 0 Å². The molecule has 0 bridgehead atoms. The first-order valence-corrected chi connectivity index (χ1v) is 10.4. The first-order chi connectivity index (χ1) is 13.3. The van der Waals surface area contributed by atoms with E-state index < -0.39 is 0 Å². The summed E-state index contributed by atoms with van der Waals surface area (Å²) in [5.41, 5.74) is 0.894. The standard InChI is InChI=1S/C22H32FN3O2/c1-16(2)8-9-26(19-5-6-19)15-22(28)25-12-10-24(11-13-25)21-7-4-18(17(3)27)14-20(21)23/h4,7,14,16,19H,5-6,8-13,15H2,1-3H3. The van der Waals surface area contributed by atoms with Crippen molar-refractivity contribution in [3.8, 4) is 0 Å². The van der Waals surface area contributed by atoms with E-state index in [-0.39, 0.29) is 17.5 Å². The fraction of sp³-hybridized carbons (Fsp3) is 0.636. The molecule has 1 saturated heterocycles. The normalized spacial score (nSPS) is 17.5. The number of rotatable bonds is 8. The summed E-state index contributed by atoms with van der Waals surface area (Å²) in [5, 5.41) is 0. The van der Waals surface area contributed by atoms with E-state index in [4.69, 9.17) is 0 Å². The van der Waals surface area contributed by atoms with Crippen LogP contribution < -0.4 is 4.90 Å². The van der Waals surface area contributed by atoms with Gasteiger partial charge in [-0.2, -0.15) is 0 Å². The second-order valence-corrected chi connectivity index (χ2v) is 8.47. The maximum Gasteiger partial charge on any atom is 0.236 e. The first-order valence-electron chi connectivity index (χ1n) is 10.4. The van der Waals surface area contributed by atoms with Crippen LogP contribution in [-0.2, 0) is 4.79 Å². The third-order valence-electron chi connectivity index (χ3n) is 5.72. The highest BCUT2D eigenvalue weighted by Gasteiger charge is 2.32. The Balaban J connectivity index is 1.53. The summed E-state index contributed by atoms with van der Waals surface area (Å²) in [6.07, 6.45) is 3.52. The monoisotopic (exact) mass is 389 g/mol. The SMILES string of the molecule is CC(=O)c1ccc(N2CCN(C(=O)CN(CCC(C)C)C3CC3)CC2)c(F)c1. The van der Waals surface area contributed by atoms with Crippen LogP contribution in [0.5, 0.6) is 0 Å². The van der Waals surface area contributed by atoms with Gasteiger partial charge in [-0.3, -0.25) is 14.5 Å². The molecule has 1 aromatic carbocycles. The lowest BCUT2D eigenvalue weighted by Crippen LogP contribution is -2.51. The van der Waals surface area contributed by atoms with Gasteiger partial charge in [-0.15, -0.1) is 0 Å². The van der Waals surface area contributed by atoms with E-state index in [2.05, 4.69) is 18.7 Å². The van der Waals surface area contributed by atoms with Crippen LogP contribution in [0.3, 0.4) is 0 Å². The third-order valence-corrected chi connectivity index (χ3v) is 5.72. The summed E-state index contributed by atoms with van der Waals surface area (Å²) < 4.78 is 14.4. The zero-order valence-electron chi connectivity index (χ0n) is 17.3. The molecule has 0 unspecified atom stereocenters. The van der Waals surface area contributed by atoms with Gasteiger partial charge in [0.25, 0.3) is 0 Å². The summed E-state index contributed by atoms with van der Waals surface area (Å²) in [5.74, 6) is 0.312. The quantitative estimate of drug-likeness (QED) is 0.641. The minimum atomic E-state index is -0.374. The molecule has 2 aliphatic rings. The minimum Gasteiger partial charge on any atom is -0.366 e. The molecule has 5 nitrogen and oxygen atoms in total. The highest BCUT2D eigenvalue weighted by atomic mass is 19.1. The number of benzene rings is 1. The zero-order valence-corrected chi connectivity index (χ0v) is 17.3. The number of hydrogen-bond donors (Lipinski definition) is 0. The number of halogens is 1. The van der Waals surface area contributed by atoms with Gasteiger partial charge < -0.3 is 9.80 Å². The van der Waals surface area contributed by atoms with Crippen LogP contribution in [0.4, 0.5) is 10.1 Å². The van der Waals surface area contributed by atoms with Crippen molar-refractivity contribution in [2.24, 2.45) is 5.92 Å². The van der Waals surface area contributed by atoms with Crippen molar-refractivity contribution in [3.63, 3.8) is 0 Å². The van der Waals surface area contributed by atoms with Crippen LogP contribution in [-0.4, -0.2) is 66.8 Å². The third kappa shape index (κ3) is 5.31. The fourth-order valence-electron chi connectivity index (χ4n) is 3.71. The van der Waals surface area contributed by atoms with Crippen molar-refractivity contribution in [2.45, 2.75) is 46.1 Å². The van der Waals surface area contributed by atoms with Crippen molar-refractivity contribution < 1.29 is 14.0 Å². The van der Waals surface area contributed by atoms with Gasteiger partial charge in [-0.1, -0.05) is 13.8 Å². The summed E-state index contributed by atoms with van der Waals surface area (Å²) in [6, 6.07) is 5.22. The predicted octanol–water partition coefficient (Wildman–Crippen LogP) is 3.19. The molecule has 0 N–H and O–H groups in total. The van der Waals surface area contributed by atoms with Gasteiger partial charge in [-0.05, 0) is 56.8 Å². The smallest absolute Gasteiger partial charge is 0.236 e. The number of hydrogen-bond acceptors (Lipinski definition) is 4. The molecule has 0 radical (unpaired) electrons. The summed E-state index contributed by atoms with van der Waals surface area (Å²) in [7, 11) is 0. The average Bonchev–Trinajstić information content (AvgIpc) is 3.50. The van der Waals surface area contributed by atoms with Crippen molar-refractivity contribution in [3.05, 3.63) is 29.6 Å². The minimum absolute atomic E-state index is 0.140. The second-order valence-electron chi connectivity index (χ2n) is 8.47. The van der Waals surface area contributed by atoms with Gasteiger partial charge in [0.2, 0.25) is 5.91 Å². The maximum atomic E-state index is 14.4. The molecule has 1 amide bonds. The lowest BCUT2D eigenvalue weighted by Gasteiger charge is -2.37. The largest absolute Gasteiger partial charge is 0.366 e. The van der Waals surface area contributed by atoms with E-state index in [0.29, 0.717) is 55.9 Å². The molecule has 28 heavy (non-hydrogen) atoms. The Morgan fingerprint density at radius 3 is 2.39 bits per heavy atom. The molecule has 0 atom stereocenters. The highest BCUT2D eigenvalue weighted by molar-refractivity contribution is 5.94. The summed E-state index contributed by atoms with van der Waals surface area (Å²) >= 11 is 0. The van der Waals surface area contributed by atoms with E-state index in [9.17, 15) is 14.0 Å². The molecule has 1 aliphatic carbocycles. The number of piperazine rings is 1. The van der Waals surface area contributed by atoms with Crippen LogP contribution in [0.1, 0.15) is 50.4 Å². The molecule has 1 heterocycles. The number of Topliss-reactive ketones (excluding diaryl/α,β-unsaturated/α-hetero) is 1. The van der Waals surface area contributed by atoms with Gasteiger partial charge in [-0.25, -0.2) is 4.39 Å². The number of ketones is 1. The highest BCUT2D eigenvalue weighted by Crippen LogP contribution is 2.27. The van der Waals surface area contributed by atoms with Crippen LogP contribution >= 0.6 is 0 Å². The molecular formula is C22H32FN3O2. The number of carbonyl (C=O) groups is 2. The average molecular weight is 390 g/mol. The van der Waals surface area contributed by atoms with Gasteiger partial charge >= 0.3 is 0 Å². The van der Waals surface area contributed by atoms with Gasteiger partial charge in [0.05, 0.1) is 12.2 Å². The number of nitrogens with zero attached hydrogens (tertiary/aromatic N) is 3. The van der Waals surface area contributed by atoms with E-state index in [1.165, 1.54) is 25.8 Å². The molecule has 6 heteroatoms. The van der Waals surface area contributed by atoms with Crippen molar-refractivity contribution in [1.82, 2.24) is 9.80 Å². The second kappa shape index (κ2) is 9.03.